The van der Waals surface area contributed by atoms with Gasteiger partial charge in [0, 0.05) is 46.9 Å². The summed E-state index contributed by atoms with van der Waals surface area (Å²) < 4.78 is 5.25. The van der Waals surface area contributed by atoms with Crippen LogP contribution >= 0.6 is 23.2 Å². The van der Waals surface area contributed by atoms with Gasteiger partial charge in [0.25, 0.3) is 5.56 Å². The summed E-state index contributed by atoms with van der Waals surface area (Å²) in [5, 5.41) is 18.7. The molecule has 33 heavy (non-hydrogen) atoms. The Hall–Kier alpha value is -3.43. The molecule has 11 heteroatoms. The standard InChI is InChI=1S/C22H20Cl2N6O3/c23-14-10-13(11-15(24)12-14)20-27-19(33-30-20)7-3-6-18(31)25-8-9-26-21-16-4-1-2-5-17(16)22(32)29-28-21/h1-2,4-5,10-12H,3,6-9H2,(H,25,31)(H,26,28)(H,29,32). The van der Waals surface area contributed by atoms with Crippen molar-refractivity contribution in [2.75, 3.05) is 18.4 Å². The van der Waals surface area contributed by atoms with E-state index in [1.165, 1.54) is 0 Å². The molecule has 0 saturated carbocycles. The van der Waals surface area contributed by atoms with Gasteiger partial charge < -0.3 is 15.2 Å². The molecule has 170 valence electrons. The second kappa shape index (κ2) is 10.5. The molecule has 2 aromatic carbocycles. The molecule has 0 aliphatic heterocycles. The Balaban J connectivity index is 1.20. The minimum absolute atomic E-state index is 0.0857. The van der Waals surface area contributed by atoms with Gasteiger partial charge in [0.1, 0.15) is 0 Å². The van der Waals surface area contributed by atoms with Crippen molar-refractivity contribution < 1.29 is 9.32 Å². The van der Waals surface area contributed by atoms with E-state index in [1.54, 1.807) is 30.3 Å². The van der Waals surface area contributed by atoms with Gasteiger partial charge in [-0.15, -0.1) is 0 Å². The second-order valence-corrected chi connectivity index (χ2v) is 8.12. The molecule has 9 nitrogen and oxygen atoms in total. The van der Waals surface area contributed by atoms with Crippen LogP contribution in [0.25, 0.3) is 22.2 Å². The zero-order valence-electron chi connectivity index (χ0n) is 17.4. The number of anilines is 1. The molecular weight excluding hydrogens is 467 g/mol. The Bertz CT molecular complexity index is 1320. The van der Waals surface area contributed by atoms with Gasteiger partial charge in [0.05, 0.1) is 5.39 Å². The molecule has 0 aliphatic carbocycles. The number of rotatable bonds is 9. The second-order valence-electron chi connectivity index (χ2n) is 7.25. The first-order valence-corrected chi connectivity index (χ1v) is 11.0. The fraction of sp³-hybridized carbons (Fsp3) is 0.227. The van der Waals surface area contributed by atoms with E-state index < -0.39 is 0 Å². The molecule has 0 saturated heterocycles. The first kappa shape index (κ1) is 22.8. The quantitative estimate of drug-likeness (QED) is 0.307. The number of carbonyl (C=O) groups is 1. The zero-order valence-corrected chi connectivity index (χ0v) is 18.9. The average Bonchev–Trinajstić information content (AvgIpc) is 3.27. The zero-order chi connectivity index (χ0) is 23.2. The van der Waals surface area contributed by atoms with Crippen LogP contribution in [0.5, 0.6) is 0 Å². The van der Waals surface area contributed by atoms with E-state index in [0.717, 1.165) is 5.39 Å². The number of aromatic nitrogens is 4. The molecule has 4 rings (SSSR count). The van der Waals surface area contributed by atoms with Crippen LogP contribution in [0, 0.1) is 0 Å². The summed E-state index contributed by atoms with van der Waals surface area (Å²) in [6.45, 7) is 0.873. The maximum absolute atomic E-state index is 12.1. The average molecular weight is 487 g/mol. The van der Waals surface area contributed by atoms with Crippen LogP contribution in [0.1, 0.15) is 18.7 Å². The number of nitrogens with zero attached hydrogens (tertiary/aromatic N) is 3. The summed E-state index contributed by atoms with van der Waals surface area (Å²) in [4.78, 5) is 28.3. The Morgan fingerprint density at radius 2 is 1.82 bits per heavy atom. The van der Waals surface area contributed by atoms with Gasteiger partial charge in [-0.25, -0.2) is 5.10 Å². The maximum Gasteiger partial charge on any atom is 0.272 e. The molecule has 0 bridgehead atoms. The van der Waals surface area contributed by atoms with E-state index in [1.807, 2.05) is 12.1 Å². The molecule has 0 aliphatic rings. The van der Waals surface area contributed by atoms with Crippen LogP contribution in [0.3, 0.4) is 0 Å². The summed E-state index contributed by atoms with van der Waals surface area (Å²) in [5.74, 6) is 1.31. The largest absolute Gasteiger partial charge is 0.366 e. The van der Waals surface area contributed by atoms with E-state index in [9.17, 15) is 9.59 Å². The van der Waals surface area contributed by atoms with Gasteiger partial charge in [0.2, 0.25) is 17.6 Å². The normalized spacial score (nSPS) is 11.0. The number of aryl methyl sites for hydroxylation is 1. The molecule has 2 heterocycles. The molecule has 0 unspecified atom stereocenters. The summed E-state index contributed by atoms with van der Waals surface area (Å²) in [5.41, 5.74) is 0.423. The van der Waals surface area contributed by atoms with Crippen LogP contribution in [-0.4, -0.2) is 39.3 Å². The Labute approximate surface area is 198 Å². The number of fused-ring (bicyclic) bond motifs is 1. The first-order chi connectivity index (χ1) is 16.0. The SMILES string of the molecule is O=C(CCCc1nc(-c2cc(Cl)cc(Cl)c2)no1)NCCNc1n[nH]c(=O)c2ccccc12. The van der Waals surface area contributed by atoms with Gasteiger partial charge in [-0.2, -0.15) is 10.1 Å². The molecule has 4 aromatic rings. The number of amides is 1. The van der Waals surface area contributed by atoms with Crippen molar-refractivity contribution in [3.63, 3.8) is 0 Å². The highest BCUT2D eigenvalue weighted by Crippen LogP contribution is 2.25. The molecule has 1 amide bonds. The molecule has 3 N–H and O–H groups in total. The fourth-order valence-electron chi connectivity index (χ4n) is 3.28. The molecular formula is C22H20Cl2N6O3. The monoisotopic (exact) mass is 486 g/mol. The lowest BCUT2D eigenvalue weighted by Crippen LogP contribution is -2.29. The minimum atomic E-state index is -0.241. The van der Waals surface area contributed by atoms with Crippen molar-refractivity contribution in [3.05, 3.63) is 68.8 Å². The highest BCUT2D eigenvalue weighted by Gasteiger charge is 2.11. The van der Waals surface area contributed by atoms with Crippen molar-refractivity contribution >= 4 is 45.7 Å². The van der Waals surface area contributed by atoms with Crippen LogP contribution in [0.2, 0.25) is 10.0 Å². The lowest BCUT2D eigenvalue weighted by atomic mass is 10.2. The third-order valence-corrected chi connectivity index (χ3v) is 5.26. The number of hydrogen-bond acceptors (Lipinski definition) is 7. The van der Waals surface area contributed by atoms with Gasteiger partial charge >= 0.3 is 0 Å². The number of halogens is 2. The van der Waals surface area contributed by atoms with Crippen LogP contribution < -0.4 is 16.2 Å². The van der Waals surface area contributed by atoms with E-state index in [0.29, 0.717) is 70.9 Å². The summed E-state index contributed by atoms with van der Waals surface area (Å²) in [6, 6.07) is 12.2. The molecule has 0 radical (unpaired) electrons. The smallest absolute Gasteiger partial charge is 0.272 e. The fourth-order valence-corrected chi connectivity index (χ4v) is 3.80. The third kappa shape index (κ3) is 5.88. The van der Waals surface area contributed by atoms with E-state index in [4.69, 9.17) is 27.7 Å². The number of carbonyl (C=O) groups excluding carboxylic acids is 1. The predicted molar refractivity (Wildman–Crippen MR) is 127 cm³/mol. The molecule has 0 spiro atoms. The van der Waals surface area contributed by atoms with Gasteiger partial charge in [-0.1, -0.05) is 46.6 Å². The third-order valence-electron chi connectivity index (χ3n) is 4.82. The van der Waals surface area contributed by atoms with E-state index in [2.05, 4.69) is 31.0 Å². The molecule has 2 aromatic heterocycles. The molecule has 0 atom stereocenters. The molecule has 0 fully saturated rings. The first-order valence-electron chi connectivity index (χ1n) is 10.3. The van der Waals surface area contributed by atoms with Crippen molar-refractivity contribution in [2.24, 2.45) is 0 Å². The van der Waals surface area contributed by atoms with Crippen LogP contribution in [0.4, 0.5) is 5.82 Å². The van der Waals surface area contributed by atoms with Crippen LogP contribution in [0.15, 0.2) is 51.8 Å². The Morgan fingerprint density at radius 1 is 1.06 bits per heavy atom. The number of aromatic amines is 1. The van der Waals surface area contributed by atoms with E-state index >= 15 is 0 Å². The van der Waals surface area contributed by atoms with Gasteiger partial charge in [-0.05, 0) is 30.7 Å². The van der Waals surface area contributed by atoms with Crippen molar-refractivity contribution in [1.82, 2.24) is 25.7 Å². The minimum Gasteiger partial charge on any atom is -0.366 e. The van der Waals surface area contributed by atoms with E-state index in [-0.39, 0.29) is 11.5 Å². The topological polar surface area (TPSA) is 126 Å². The van der Waals surface area contributed by atoms with Gasteiger partial charge in [0.15, 0.2) is 5.82 Å². The lowest BCUT2D eigenvalue weighted by molar-refractivity contribution is -0.121. The summed E-state index contributed by atoms with van der Waals surface area (Å²) in [6.07, 6.45) is 1.35. The number of hydrogen-bond donors (Lipinski definition) is 3. The lowest BCUT2D eigenvalue weighted by Gasteiger charge is -2.09. The summed E-state index contributed by atoms with van der Waals surface area (Å²) in [7, 11) is 0. The number of H-pyrrole nitrogens is 1. The van der Waals surface area contributed by atoms with Crippen molar-refractivity contribution in [1.29, 1.82) is 0 Å². The summed E-state index contributed by atoms with van der Waals surface area (Å²) >= 11 is 12.0. The highest BCUT2D eigenvalue weighted by molar-refractivity contribution is 6.35. The number of benzene rings is 2. The Kier molecular flexibility index (Phi) is 7.21. The van der Waals surface area contributed by atoms with Gasteiger partial charge in [-0.3, -0.25) is 9.59 Å². The van der Waals surface area contributed by atoms with Crippen molar-refractivity contribution in [3.8, 4) is 11.4 Å². The Morgan fingerprint density at radius 3 is 2.61 bits per heavy atom. The van der Waals surface area contributed by atoms with Crippen LogP contribution in [-0.2, 0) is 11.2 Å². The maximum atomic E-state index is 12.1. The number of nitrogens with one attached hydrogen (secondary N) is 3. The predicted octanol–water partition coefficient (Wildman–Crippen LogP) is 3.83. The highest BCUT2D eigenvalue weighted by atomic mass is 35.5. The van der Waals surface area contributed by atoms with Crippen molar-refractivity contribution in [2.45, 2.75) is 19.3 Å².